The number of amides is 1. The number of hydrogen-bond donors (Lipinski definition) is 0. The van der Waals surface area contributed by atoms with E-state index in [0.29, 0.717) is 17.0 Å². The fourth-order valence-corrected chi connectivity index (χ4v) is 4.03. The van der Waals surface area contributed by atoms with Crippen molar-refractivity contribution in [2.75, 3.05) is 26.8 Å². The highest BCUT2D eigenvalue weighted by molar-refractivity contribution is 5.94. The highest BCUT2D eigenvalue weighted by Crippen LogP contribution is 2.25. The molecule has 1 aliphatic rings. The molecule has 2 aromatic heterocycles. The summed E-state index contributed by atoms with van der Waals surface area (Å²) < 4.78 is 26.1. The minimum absolute atomic E-state index is 0.0600. The lowest BCUT2D eigenvalue weighted by atomic mass is 10.1. The molecule has 0 unspecified atom stereocenters. The summed E-state index contributed by atoms with van der Waals surface area (Å²) in [5.41, 5.74) is 1.56. The van der Waals surface area contributed by atoms with Crippen LogP contribution in [0.15, 0.2) is 47.5 Å². The van der Waals surface area contributed by atoms with Crippen molar-refractivity contribution in [3.8, 4) is 5.75 Å². The number of ether oxygens (including phenoxy) is 2. The zero-order valence-electron chi connectivity index (χ0n) is 19.5. The second-order valence-corrected chi connectivity index (χ2v) is 8.09. The Morgan fingerprint density at radius 3 is 2.63 bits per heavy atom. The van der Waals surface area contributed by atoms with Crippen molar-refractivity contribution < 1.29 is 23.5 Å². The summed E-state index contributed by atoms with van der Waals surface area (Å²) in [5.74, 6) is -1.24. The molecular formula is C25H25FN4O5. The van der Waals surface area contributed by atoms with Gasteiger partial charge in [0.25, 0.3) is 11.5 Å². The minimum Gasteiger partial charge on any atom is -0.492 e. The van der Waals surface area contributed by atoms with E-state index in [1.807, 2.05) is 0 Å². The number of hydrogen-bond acceptors (Lipinski definition) is 7. The van der Waals surface area contributed by atoms with E-state index >= 15 is 0 Å². The van der Waals surface area contributed by atoms with Gasteiger partial charge in [-0.2, -0.15) is 0 Å². The third kappa shape index (κ3) is 5.21. The molecule has 1 aliphatic heterocycles. The molecule has 0 atom stereocenters. The summed E-state index contributed by atoms with van der Waals surface area (Å²) in [7, 11) is 1.25. The van der Waals surface area contributed by atoms with Crippen LogP contribution < -0.4 is 10.3 Å². The van der Waals surface area contributed by atoms with Crippen LogP contribution in [-0.4, -0.2) is 58.1 Å². The normalized spacial score (nSPS) is 13.1. The van der Waals surface area contributed by atoms with E-state index < -0.39 is 5.97 Å². The fraction of sp³-hybridized carbons (Fsp3) is 0.320. The minimum atomic E-state index is -0.654. The smallest absolute Gasteiger partial charge is 0.343 e. The maximum Gasteiger partial charge on any atom is 0.343 e. The molecule has 4 rings (SSSR count). The number of esters is 1. The first-order chi connectivity index (χ1) is 16.9. The van der Waals surface area contributed by atoms with Crippen molar-refractivity contribution in [2.45, 2.75) is 26.3 Å². The highest BCUT2D eigenvalue weighted by atomic mass is 19.1. The zero-order valence-corrected chi connectivity index (χ0v) is 19.5. The summed E-state index contributed by atoms with van der Waals surface area (Å²) in [4.78, 5) is 48.4. The van der Waals surface area contributed by atoms with E-state index in [9.17, 15) is 18.8 Å². The largest absolute Gasteiger partial charge is 0.492 e. The van der Waals surface area contributed by atoms with Crippen LogP contribution in [0.5, 0.6) is 5.75 Å². The standard InChI is InChI=1S/C25H25FN4O5/c1-16-14-28-19(15-27-16)24(32)29-9-7-20-23(25(33)34-2)21(13-22(31)30(20)11-10-29)35-12-8-17-5-3-4-6-18(17)26/h3-6,13-15H,7-12H2,1-2H3. The first-order valence-corrected chi connectivity index (χ1v) is 11.2. The van der Waals surface area contributed by atoms with Crippen molar-refractivity contribution in [3.05, 3.63) is 87.1 Å². The molecule has 0 saturated carbocycles. The molecule has 0 bridgehead atoms. The summed E-state index contributed by atoms with van der Waals surface area (Å²) in [6.45, 7) is 2.55. The Kier molecular flexibility index (Phi) is 7.19. The molecule has 1 amide bonds. The molecular weight excluding hydrogens is 455 g/mol. The first kappa shape index (κ1) is 24.1. The molecule has 35 heavy (non-hydrogen) atoms. The number of pyridine rings is 1. The van der Waals surface area contributed by atoms with Crippen molar-refractivity contribution in [1.82, 2.24) is 19.4 Å². The predicted molar refractivity (Wildman–Crippen MR) is 124 cm³/mol. The van der Waals surface area contributed by atoms with Gasteiger partial charge in [0.2, 0.25) is 0 Å². The molecule has 182 valence electrons. The van der Waals surface area contributed by atoms with Gasteiger partial charge in [0.05, 0.1) is 25.6 Å². The molecule has 10 heteroatoms. The molecule has 0 saturated heterocycles. The number of rotatable bonds is 6. The summed E-state index contributed by atoms with van der Waals surface area (Å²) >= 11 is 0. The molecule has 1 aromatic carbocycles. The topological polar surface area (TPSA) is 104 Å². The van der Waals surface area contributed by atoms with Gasteiger partial charge < -0.3 is 18.9 Å². The second-order valence-electron chi connectivity index (χ2n) is 8.09. The molecule has 0 aliphatic carbocycles. The van der Waals surface area contributed by atoms with Gasteiger partial charge in [-0.15, -0.1) is 0 Å². The van der Waals surface area contributed by atoms with E-state index in [0.717, 1.165) is 0 Å². The zero-order chi connectivity index (χ0) is 24.9. The van der Waals surface area contributed by atoms with E-state index in [2.05, 4.69) is 9.97 Å². The van der Waals surface area contributed by atoms with Crippen LogP contribution in [0.1, 0.15) is 37.8 Å². The van der Waals surface area contributed by atoms with Gasteiger partial charge in [0, 0.05) is 50.4 Å². The third-order valence-corrected chi connectivity index (χ3v) is 5.86. The number of carbonyl (C=O) groups excluding carboxylic acids is 2. The number of aryl methyl sites for hydroxylation is 1. The summed E-state index contributed by atoms with van der Waals surface area (Å²) in [6.07, 6.45) is 3.43. The lowest BCUT2D eigenvalue weighted by Gasteiger charge is -2.19. The molecule has 0 fully saturated rings. The number of methoxy groups -OCH3 is 1. The van der Waals surface area contributed by atoms with Gasteiger partial charge in [0.15, 0.2) is 0 Å². The highest BCUT2D eigenvalue weighted by Gasteiger charge is 2.28. The Balaban J connectivity index is 1.59. The molecule has 9 nitrogen and oxygen atoms in total. The molecule has 3 aromatic rings. The maximum absolute atomic E-state index is 13.9. The Labute approximate surface area is 201 Å². The van der Waals surface area contributed by atoms with Crippen LogP contribution in [0, 0.1) is 12.7 Å². The van der Waals surface area contributed by atoms with Crippen LogP contribution in [0.3, 0.4) is 0 Å². The van der Waals surface area contributed by atoms with Crippen LogP contribution in [-0.2, 0) is 24.1 Å². The van der Waals surface area contributed by atoms with Crippen molar-refractivity contribution in [2.24, 2.45) is 0 Å². The van der Waals surface area contributed by atoms with Gasteiger partial charge in [-0.25, -0.2) is 14.2 Å². The van der Waals surface area contributed by atoms with Crippen molar-refractivity contribution >= 4 is 11.9 Å². The van der Waals surface area contributed by atoms with E-state index in [4.69, 9.17) is 9.47 Å². The lowest BCUT2D eigenvalue weighted by molar-refractivity contribution is 0.0593. The number of halogens is 1. The van der Waals surface area contributed by atoms with E-state index in [1.54, 1.807) is 30.0 Å². The summed E-state index contributed by atoms with van der Waals surface area (Å²) in [5, 5.41) is 0. The SMILES string of the molecule is COC(=O)c1c(OCCc2ccccc2F)cc(=O)n2c1CCN(C(=O)c1cnc(C)cn1)CC2. The quantitative estimate of drug-likeness (QED) is 0.498. The van der Waals surface area contributed by atoms with Gasteiger partial charge in [0.1, 0.15) is 22.8 Å². The molecule has 0 N–H and O–H groups in total. The van der Waals surface area contributed by atoms with Crippen LogP contribution in [0.4, 0.5) is 4.39 Å². The first-order valence-electron chi connectivity index (χ1n) is 11.2. The van der Waals surface area contributed by atoms with Crippen LogP contribution in [0.2, 0.25) is 0 Å². The van der Waals surface area contributed by atoms with Gasteiger partial charge in [-0.1, -0.05) is 18.2 Å². The lowest BCUT2D eigenvalue weighted by Crippen LogP contribution is -2.34. The average molecular weight is 480 g/mol. The summed E-state index contributed by atoms with van der Waals surface area (Å²) in [6, 6.07) is 7.57. The fourth-order valence-electron chi connectivity index (χ4n) is 4.03. The molecule has 0 radical (unpaired) electrons. The number of carbonyl (C=O) groups is 2. The monoisotopic (exact) mass is 480 g/mol. The number of aromatic nitrogens is 3. The Morgan fingerprint density at radius 2 is 1.91 bits per heavy atom. The Bertz CT molecular complexity index is 1310. The number of nitrogens with zero attached hydrogens (tertiary/aromatic N) is 4. The second kappa shape index (κ2) is 10.5. The van der Waals surface area contributed by atoms with Gasteiger partial charge in [-0.3, -0.25) is 14.6 Å². The average Bonchev–Trinajstić information content (AvgIpc) is 3.08. The van der Waals surface area contributed by atoms with Gasteiger partial charge in [-0.05, 0) is 18.6 Å². The van der Waals surface area contributed by atoms with Crippen molar-refractivity contribution in [1.29, 1.82) is 0 Å². The predicted octanol–water partition coefficient (Wildman–Crippen LogP) is 2.19. The van der Waals surface area contributed by atoms with Gasteiger partial charge >= 0.3 is 5.97 Å². The maximum atomic E-state index is 13.9. The van der Waals surface area contributed by atoms with Crippen LogP contribution >= 0.6 is 0 Å². The third-order valence-electron chi connectivity index (χ3n) is 5.86. The Morgan fingerprint density at radius 1 is 1.11 bits per heavy atom. The molecule has 3 heterocycles. The van der Waals surface area contributed by atoms with E-state index in [1.165, 1.54) is 36.2 Å². The molecule has 0 spiro atoms. The van der Waals surface area contributed by atoms with Crippen LogP contribution in [0.25, 0.3) is 0 Å². The van der Waals surface area contributed by atoms with E-state index in [-0.39, 0.29) is 73.4 Å². The number of fused-ring (bicyclic) bond motifs is 1. The number of benzene rings is 1. The van der Waals surface area contributed by atoms with Crippen molar-refractivity contribution in [3.63, 3.8) is 0 Å². The Hall–Kier alpha value is -4.08.